The number of rotatable bonds is 5. The molecule has 0 fully saturated rings. The van der Waals surface area contributed by atoms with Crippen LogP contribution in [0.1, 0.15) is 12.2 Å². The van der Waals surface area contributed by atoms with Crippen LogP contribution < -0.4 is 5.32 Å². The summed E-state index contributed by atoms with van der Waals surface area (Å²) in [5, 5.41) is 3.12. The molecule has 0 saturated heterocycles. The van der Waals surface area contributed by atoms with E-state index in [1.807, 2.05) is 31.6 Å². The summed E-state index contributed by atoms with van der Waals surface area (Å²) >= 11 is 0. The first-order valence-electron chi connectivity index (χ1n) is 5.49. The Balaban J connectivity index is 2.02. The molecule has 0 aliphatic rings. The number of aromatic nitrogens is 3. The summed E-state index contributed by atoms with van der Waals surface area (Å²) in [6, 6.07) is 3.95. The van der Waals surface area contributed by atoms with Crippen LogP contribution in [0.5, 0.6) is 0 Å². The Morgan fingerprint density at radius 2 is 2.31 bits per heavy atom. The zero-order valence-corrected chi connectivity index (χ0v) is 9.40. The van der Waals surface area contributed by atoms with Crippen molar-refractivity contribution in [3.63, 3.8) is 0 Å². The van der Waals surface area contributed by atoms with Gasteiger partial charge in [-0.1, -0.05) is 0 Å². The third kappa shape index (κ3) is 2.67. The molecule has 0 amide bonds. The average Bonchev–Trinajstić information content (AvgIpc) is 2.79. The number of nitrogens with zero attached hydrogens (tertiary/aromatic N) is 2. The summed E-state index contributed by atoms with van der Waals surface area (Å²) < 4.78 is 0. The molecule has 2 rings (SSSR count). The molecule has 2 heterocycles. The maximum absolute atomic E-state index is 4.35. The maximum atomic E-state index is 4.35. The molecule has 0 aliphatic heterocycles. The second-order valence-electron chi connectivity index (χ2n) is 3.69. The van der Waals surface area contributed by atoms with E-state index in [0.29, 0.717) is 0 Å². The molecule has 0 atom stereocenters. The van der Waals surface area contributed by atoms with Crippen LogP contribution in [0.2, 0.25) is 0 Å². The highest BCUT2D eigenvalue weighted by Gasteiger charge is 2.02. The Morgan fingerprint density at radius 3 is 3.06 bits per heavy atom. The van der Waals surface area contributed by atoms with Gasteiger partial charge in [0, 0.05) is 24.4 Å². The van der Waals surface area contributed by atoms with Crippen molar-refractivity contribution >= 4 is 0 Å². The zero-order chi connectivity index (χ0) is 11.2. The third-order valence-electron chi connectivity index (χ3n) is 2.44. The van der Waals surface area contributed by atoms with Gasteiger partial charge in [0.1, 0.15) is 5.82 Å². The molecule has 0 spiro atoms. The van der Waals surface area contributed by atoms with E-state index < -0.39 is 0 Å². The van der Waals surface area contributed by atoms with Gasteiger partial charge in [-0.3, -0.25) is 4.98 Å². The number of hydrogen-bond donors (Lipinski definition) is 2. The highest BCUT2D eigenvalue weighted by molar-refractivity contribution is 5.56. The molecule has 2 aromatic heterocycles. The molecule has 84 valence electrons. The Labute approximate surface area is 95.1 Å². The molecule has 0 bridgehead atoms. The Hall–Kier alpha value is -1.68. The van der Waals surface area contributed by atoms with Crippen LogP contribution in [0.4, 0.5) is 0 Å². The average molecular weight is 216 g/mol. The Bertz CT molecular complexity index is 422. The first-order chi connectivity index (χ1) is 7.90. The van der Waals surface area contributed by atoms with Crippen LogP contribution in [0.15, 0.2) is 30.7 Å². The lowest BCUT2D eigenvalue weighted by atomic mass is 10.2. The smallest absolute Gasteiger partial charge is 0.106 e. The fraction of sp³-hybridized carbons (Fsp3) is 0.333. The maximum Gasteiger partial charge on any atom is 0.106 e. The fourth-order valence-corrected chi connectivity index (χ4v) is 1.59. The van der Waals surface area contributed by atoms with Crippen LogP contribution in [0.3, 0.4) is 0 Å². The van der Waals surface area contributed by atoms with Crippen molar-refractivity contribution in [2.75, 3.05) is 13.6 Å². The number of aryl methyl sites for hydroxylation is 1. The predicted molar refractivity (Wildman–Crippen MR) is 64.1 cm³/mol. The number of nitrogens with one attached hydrogen (secondary N) is 2. The highest BCUT2D eigenvalue weighted by atomic mass is 14.9. The molecule has 0 saturated carbocycles. The lowest BCUT2D eigenvalue weighted by molar-refractivity contribution is 0.707. The van der Waals surface area contributed by atoms with E-state index in [-0.39, 0.29) is 0 Å². The molecule has 0 aromatic carbocycles. The second-order valence-corrected chi connectivity index (χ2v) is 3.69. The van der Waals surface area contributed by atoms with Crippen LogP contribution in [0.25, 0.3) is 11.3 Å². The number of H-pyrrole nitrogens is 1. The van der Waals surface area contributed by atoms with Crippen LogP contribution in [-0.4, -0.2) is 28.5 Å². The SMILES string of the molecule is CNCCCc1ncc(-c2cccnc2)[nH]1. The van der Waals surface area contributed by atoms with Gasteiger partial charge in [-0.25, -0.2) is 4.98 Å². The van der Waals surface area contributed by atoms with Gasteiger partial charge in [0.2, 0.25) is 0 Å². The lowest BCUT2D eigenvalue weighted by Crippen LogP contribution is -2.08. The van der Waals surface area contributed by atoms with Crippen molar-refractivity contribution < 1.29 is 0 Å². The van der Waals surface area contributed by atoms with Crippen molar-refractivity contribution in [3.05, 3.63) is 36.5 Å². The van der Waals surface area contributed by atoms with E-state index in [0.717, 1.165) is 36.5 Å². The lowest BCUT2D eigenvalue weighted by Gasteiger charge is -1.97. The van der Waals surface area contributed by atoms with E-state index in [9.17, 15) is 0 Å². The first-order valence-corrected chi connectivity index (χ1v) is 5.49. The monoisotopic (exact) mass is 216 g/mol. The topological polar surface area (TPSA) is 53.6 Å². The molecule has 0 unspecified atom stereocenters. The van der Waals surface area contributed by atoms with Gasteiger partial charge >= 0.3 is 0 Å². The fourth-order valence-electron chi connectivity index (χ4n) is 1.59. The quantitative estimate of drug-likeness (QED) is 0.747. The minimum absolute atomic E-state index is 0.973. The van der Waals surface area contributed by atoms with Gasteiger partial charge in [0.05, 0.1) is 11.9 Å². The Kier molecular flexibility index (Phi) is 3.66. The summed E-state index contributed by atoms with van der Waals surface area (Å²) in [5.74, 6) is 1.04. The van der Waals surface area contributed by atoms with Crippen LogP contribution in [0, 0.1) is 0 Å². The number of hydrogen-bond acceptors (Lipinski definition) is 3. The largest absolute Gasteiger partial charge is 0.342 e. The van der Waals surface area contributed by atoms with Gasteiger partial charge < -0.3 is 10.3 Å². The number of aromatic amines is 1. The predicted octanol–water partition coefficient (Wildman–Crippen LogP) is 1.62. The normalized spacial score (nSPS) is 10.6. The van der Waals surface area contributed by atoms with Crippen molar-refractivity contribution in [2.24, 2.45) is 0 Å². The van der Waals surface area contributed by atoms with E-state index in [4.69, 9.17) is 0 Å². The van der Waals surface area contributed by atoms with E-state index >= 15 is 0 Å². The minimum atomic E-state index is 0.973. The summed E-state index contributed by atoms with van der Waals surface area (Å²) in [6.07, 6.45) is 7.54. The molecule has 2 aromatic rings. The van der Waals surface area contributed by atoms with Crippen LogP contribution >= 0.6 is 0 Å². The Morgan fingerprint density at radius 1 is 1.38 bits per heavy atom. The summed E-state index contributed by atoms with van der Waals surface area (Å²) in [5.41, 5.74) is 2.11. The molecule has 4 nitrogen and oxygen atoms in total. The van der Waals surface area contributed by atoms with Gasteiger partial charge in [0.15, 0.2) is 0 Å². The molecule has 0 aliphatic carbocycles. The minimum Gasteiger partial charge on any atom is -0.342 e. The van der Waals surface area contributed by atoms with E-state index in [2.05, 4.69) is 20.3 Å². The summed E-state index contributed by atoms with van der Waals surface area (Å²) in [6.45, 7) is 1.02. The van der Waals surface area contributed by atoms with Gasteiger partial charge in [0.25, 0.3) is 0 Å². The van der Waals surface area contributed by atoms with Crippen molar-refractivity contribution in [1.82, 2.24) is 20.3 Å². The zero-order valence-electron chi connectivity index (χ0n) is 9.40. The first kappa shape index (κ1) is 10.8. The number of pyridine rings is 1. The van der Waals surface area contributed by atoms with E-state index in [1.165, 1.54) is 0 Å². The van der Waals surface area contributed by atoms with Crippen molar-refractivity contribution in [3.8, 4) is 11.3 Å². The summed E-state index contributed by atoms with van der Waals surface area (Å²) in [7, 11) is 1.96. The molecular weight excluding hydrogens is 200 g/mol. The van der Waals surface area contributed by atoms with Gasteiger partial charge in [-0.15, -0.1) is 0 Å². The van der Waals surface area contributed by atoms with Crippen molar-refractivity contribution in [1.29, 1.82) is 0 Å². The molecular formula is C12H16N4. The second kappa shape index (κ2) is 5.42. The van der Waals surface area contributed by atoms with Gasteiger partial charge in [-0.2, -0.15) is 0 Å². The van der Waals surface area contributed by atoms with Crippen molar-refractivity contribution in [2.45, 2.75) is 12.8 Å². The van der Waals surface area contributed by atoms with Crippen LogP contribution in [-0.2, 0) is 6.42 Å². The standard InChI is InChI=1S/C12H16N4/c1-13-6-3-5-12-15-9-11(16-12)10-4-2-7-14-8-10/h2,4,7-9,13H,3,5-6H2,1H3,(H,15,16). The van der Waals surface area contributed by atoms with E-state index in [1.54, 1.807) is 6.20 Å². The summed E-state index contributed by atoms with van der Waals surface area (Å²) in [4.78, 5) is 11.8. The van der Waals surface area contributed by atoms with Gasteiger partial charge in [-0.05, 0) is 32.1 Å². The molecule has 16 heavy (non-hydrogen) atoms. The molecule has 4 heteroatoms. The highest BCUT2D eigenvalue weighted by Crippen LogP contribution is 2.15. The molecule has 2 N–H and O–H groups in total. The third-order valence-corrected chi connectivity index (χ3v) is 2.44. The number of imidazole rings is 1. The molecule has 0 radical (unpaired) electrons.